The number of benzene rings is 2. The molecular weight excluding hydrogens is 315 g/mol. The van der Waals surface area contributed by atoms with E-state index in [2.05, 4.69) is 10.5 Å². The van der Waals surface area contributed by atoms with E-state index in [1.54, 1.807) is 25.1 Å². The van der Waals surface area contributed by atoms with E-state index >= 15 is 0 Å². The lowest BCUT2D eigenvalue weighted by atomic mass is 10.1. The van der Waals surface area contributed by atoms with Crippen LogP contribution in [0.1, 0.15) is 12.5 Å². The van der Waals surface area contributed by atoms with Gasteiger partial charge in [0, 0.05) is 5.56 Å². The van der Waals surface area contributed by atoms with Crippen LogP contribution in [0.3, 0.4) is 0 Å². The summed E-state index contributed by atoms with van der Waals surface area (Å²) < 4.78 is 24.3. The number of hydrogen-bond donors (Lipinski definition) is 2. The fraction of sp³-hybridized carbons (Fsp3) is 0.176. The number of nitrogens with zero attached hydrogens (tertiary/aromatic N) is 1. The maximum Gasteiger partial charge on any atom is 0.284 e. The van der Waals surface area contributed by atoms with E-state index in [4.69, 9.17) is 9.47 Å². The summed E-state index contributed by atoms with van der Waals surface area (Å²) in [5, 5.41) is 13.6. The van der Waals surface area contributed by atoms with Crippen LogP contribution in [0.15, 0.2) is 47.6 Å². The summed E-state index contributed by atoms with van der Waals surface area (Å²) in [6.45, 7) is 1.60. The first-order valence-electron chi connectivity index (χ1n) is 7.26. The molecule has 124 valence electrons. The molecule has 2 aromatic carbocycles. The van der Waals surface area contributed by atoms with Gasteiger partial charge in [0.2, 0.25) is 6.10 Å². The summed E-state index contributed by atoms with van der Waals surface area (Å²) in [6.07, 6.45) is -0.849. The van der Waals surface area contributed by atoms with Crippen molar-refractivity contribution in [3.8, 4) is 17.2 Å². The van der Waals surface area contributed by atoms with E-state index < -0.39 is 17.8 Å². The van der Waals surface area contributed by atoms with Crippen molar-refractivity contribution in [1.82, 2.24) is 5.43 Å². The van der Waals surface area contributed by atoms with E-state index in [0.29, 0.717) is 11.5 Å². The van der Waals surface area contributed by atoms with Gasteiger partial charge < -0.3 is 14.6 Å². The van der Waals surface area contributed by atoms with Gasteiger partial charge in [-0.3, -0.25) is 4.79 Å². The Morgan fingerprint density at radius 1 is 1.29 bits per heavy atom. The van der Waals surface area contributed by atoms with Crippen LogP contribution in [0.5, 0.6) is 17.2 Å². The van der Waals surface area contributed by atoms with Gasteiger partial charge in [0.1, 0.15) is 18.2 Å². The Bertz CT molecular complexity index is 807. The molecule has 0 fully saturated rings. The molecule has 1 atom stereocenters. The topological polar surface area (TPSA) is 80.2 Å². The minimum absolute atomic E-state index is 0.0582. The first kappa shape index (κ1) is 15.8. The molecular formula is C17H15FN2O4. The van der Waals surface area contributed by atoms with Gasteiger partial charge in [0.25, 0.3) is 5.91 Å². The Balaban J connectivity index is 1.68. The molecule has 2 N–H and O–H groups in total. The molecule has 0 saturated carbocycles. The zero-order valence-electron chi connectivity index (χ0n) is 12.8. The van der Waals surface area contributed by atoms with Crippen LogP contribution in [0.2, 0.25) is 0 Å². The number of carbonyl (C=O) groups excluding carboxylic acids is 1. The van der Waals surface area contributed by atoms with Gasteiger partial charge in [-0.25, -0.2) is 9.82 Å². The zero-order chi connectivity index (χ0) is 17.1. The van der Waals surface area contributed by atoms with Gasteiger partial charge in [-0.1, -0.05) is 12.1 Å². The molecule has 1 amide bonds. The summed E-state index contributed by atoms with van der Waals surface area (Å²) in [6, 6.07) is 10.5. The van der Waals surface area contributed by atoms with Crippen LogP contribution in [0.25, 0.3) is 0 Å². The van der Waals surface area contributed by atoms with Crippen molar-refractivity contribution in [1.29, 1.82) is 0 Å². The lowest BCUT2D eigenvalue weighted by Crippen LogP contribution is -2.42. The van der Waals surface area contributed by atoms with E-state index in [9.17, 15) is 14.3 Å². The second-order valence-electron chi connectivity index (χ2n) is 5.20. The Morgan fingerprint density at radius 3 is 2.83 bits per heavy atom. The van der Waals surface area contributed by atoms with E-state index in [-0.39, 0.29) is 23.6 Å². The quantitative estimate of drug-likeness (QED) is 0.668. The first-order chi connectivity index (χ1) is 11.5. The number of fused-ring (bicyclic) bond motifs is 1. The van der Waals surface area contributed by atoms with Crippen LogP contribution in [-0.4, -0.2) is 29.4 Å². The maximum atomic E-state index is 13.2. The van der Waals surface area contributed by atoms with Crippen molar-refractivity contribution in [3.05, 3.63) is 53.8 Å². The molecule has 0 radical (unpaired) electrons. The molecule has 0 aliphatic carbocycles. The summed E-state index contributed by atoms with van der Waals surface area (Å²) in [5.41, 5.74) is 2.80. The van der Waals surface area contributed by atoms with Crippen LogP contribution in [0.4, 0.5) is 4.39 Å². The number of aromatic hydroxyl groups is 1. The van der Waals surface area contributed by atoms with E-state index in [1.807, 2.05) is 6.07 Å². The molecule has 0 bridgehead atoms. The van der Waals surface area contributed by atoms with Crippen molar-refractivity contribution < 1.29 is 23.8 Å². The number of phenolic OH excluding ortho intramolecular Hbond substituents is 1. The monoisotopic (exact) mass is 330 g/mol. The van der Waals surface area contributed by atoms with Gasteiger partial charge >= 0.3 is 0 Å². The van der Waals surface area contributed by atoms with Gasteiger partial charge in [-0.05, 0) is 37.3 Å². The molecule has 24 heavy (non-hydrogen) atoms. The Morgan fingerprint density at radius 2 is 2.04 bits per heavy atom. The number of ether oxygens (including phenoxy) is 2. The average Bonchev–Trinajstić information content (AvgIpc) is 2.61. The van der Waals surface area contributed by atoms with Crippen molar-refractivity contribution in [2.75, 3.05) is 6.61 Å². The van der Waals surface area contributed by atoms with E-state index in [1.165, 1.54) is 6.07 Å². The molecule has 0 spiro atoms. The Hall–Kier alpha value is -3.09. The van der Waals surface area contributed by atoms with Crippen LogP contribution in [0, 0.1) is 5.82 Å². The minimum Gasteiger partial charge on any atom is -0.507 e. The average molecular weight is 330 g/mol. The number of para-hydroxylation sites is 2. The zero-order valence-corrected chi connectivity index (χ0v) is 12.8. The highest BCUT2D eigenvalue weighted by Gasteiger charge is 2.27. The summed E-state index contributed by atoms with van der Waals surface area (Å²) in [4.78, 5) is 12.1. The number of phenols is 1. The molecule has 1 aliphatic heterocycles. The van der Waals surface area contributed by atoms with Gasteiger partial charge in [-0.15, -0.1) is 0 Å². The molecule has 6 nitrogen and oxygen atoms in total. The molecule has 0 saturated heterocycles. The van der Waals surface area contributed by atoms with Crippen molar-refractivity contribution in [2.45, 2.75) is 13.0 Å². The molecule has 1 heterocycles. The third-order valence-electron chi connectivity index (χ3n) is 3.48. The molecule has 0 unspecified atom stereocenters. The highest BCUT2D eigenvalue weighted by molar-refractivity contribution is 6.01. The third kappa shape index (κ3) is 3.29. The molecule has 3 rings (SSSR count). The number of nitrogens with one attached hydrogen (secondary N) is 1. The lowest BCUT2D eigenvalue weighted by molar-refractivity contribution is -0.130. The molecule has 0 aromatic heterocycles. The number of amides is 1. The smallest absolute Gasteiger partial charge is 0.284 e. The van der Waals surface area contributed by atoms with Crippen molar-refractivity contribution in [3.63, 3.8) is 0 Å². The first-order valence-corrected chi connectivity index (χ1v) is 7.26. The maximum absolute atomic E-state index is 13.2. The Labute approximate surface area is 137 Å². The lowest BCUT2D eigenvalue weighted by Gasteiger charge is -2.24. The van der Waals surface area contributed by atoms with Gasteiger partial charge in [0.15, 0.2) is 11.5 Å². The molecule has 2 aromatic rings. The predicted molar refractivity (Wildman–Crippen MR) is 84.8 cm³/mol. The molecule has 1 aliphatic rings. The second kappa shape index (κ2) is 6.57. The van der Waals surface area contributed by atoms with Gasteiger partial charge in [0.05, 0.1) is 5.71 Å². The summed E-state index contributed by atoms with van der Waals surface area (Å²) in [7, 11) is 0. The Kier molecular flexibility index (Phi) is 4.33. The number of rotatable bonds is 3. The third-order valence-corrected chi connectivity index (χ3v) is 3.48. The minimum atomic E-state index is -0.849. The fourth-order valence-electron chi connectivity index (χ4n) is 2.22. The van der Waals surface area contributed by atoms with Crippen molar-refractivity contribution >= 4 is 11.6 Å². The van der Waals surface area contributed by atoms with Crippen molar-refractivity contribution in [2.24, 2.45) is 5.10 Å². The van der Waals surface area contributed by atoms with Gasteiger partial charge in [-0.2, -0.15) is 5.10 Å². The second-order valence-corrected chi connectivity index (χ2v) is 5.20. The predicted octanol–water partition coefficient (Wildman–Crippen LogP) is 2.21. The fourth-order valence-corrected chi connectivity index (χ4v) is 2.22. The number of halogens is 1. The normalized spacial score (nSPS) is 16.6. The largest absolute Gasteiger partial charge is 0.507 e. The van der Waals surface area contributed by atoms with Crippen LogP contribution < -0.4 is 14.9 Å². The summed E-state index contributed by atoms with van der Waals surface area (Å²) >= 11 is 0. The highest BCUT2D eigenvalue weighted by atomic mass is 19.1. The summed E-state index contributed by atoms with van der Waals surface area (Å²) in [5.74, 6) is -0.0830. The molecule has 7 heteroatoms. The standard InChI is InChI=1S/C17H15FN2O4/c1-10(12-8-11(18)6-7-13(12)21)19-20-17(22)16-9-23-14-4-2-3-5-15(14)24-16/h2-8,16,21H,9H2,1H3,(H,20,22)/b19-10+/t16-/m1/s1. The van der Waals surface area contributed by atoms with Crippen LogP contribution in [-0.2, 0) is 4.79 Å². The number of hydrazone groups is 1. The van der Waals surface area contributed by atoms with Crippen LogP contribution >= 0.6 is 0 Å². The SMILES string of the molecule is C/C(=N\NC(=O)[C@H]1COc2ccccc2O1)c1cc(F)ccc1O. The number of hydrogen-bond acceptors (Lipinski definition) is 5. The highest BCUT2D eigenvalue weighted by Crippen LogP contribution is 2.30. The van der Waals surface area contributed by atoms with E-state index in [0.717, 1.165) is 12.1 Å². The number of carbonyl (C=O) groups is 1.